The van der Waals surface area contributed by atoms with Gasteiger partial charge >= 0.3 is 6.03 Å². The Morgan fingerprint density at radius 3 is 2.86 bits per heavy atom. The van der Waals surface area contributed by atoms with Crippen LogP contribution in [0.25, 0.3) is 22.4 Å². The van der Waals surface area contributed by atoms with Gasteiger partial charge in [-0.25, -0.2) is 14.8 Å². The molecule has 0 aliphatic carbocycles. The average molecular weight is 302 g/mol. The summed E-state index contributed by atoms with van der Waals surface area (Å²) in [6.07, 6.45) is 1.60. The molecule has 0 radical (unpaired) electrons. The van der Waals surface area contributed by atoms with Gasteiger partial charge in [0.15, 0.2) is 5.82 Å². The summed E-state index contributed by atoms with van der Waals surface area (Å²) < 4.78 is 0. The largest absolute Gasteiger partial charge is 0.341 e. The molecule has 21 heavy (non-hydrogen) atoms. The van der Waals surface area contributed by atoms with E-state index in [-0.39, 0.29) is 6.03 Å². The number of nitrogens with one attached hydrogen (secondary N) is 3. The minimum absolute atomic E-state index is 0.350. The van der Waals surface area contributed by atoms with Crippen molar-refractivity contribution in [3.63, 3.8) is 0 Å². The predicted molar refractivity (Wildman–Crippen MR) is 82.4 cm³/mol. The summed E-state index contributed by atoms with van der Waals surface area (Å²) in [5.41, 5.74) is 2.14. The number of hydrogen-bond acceptors (Lipinski definition) is 3. The molecule has 0 bridgehead atoms. The number of benzene rings is 1. The molecule has 2 heterocycles. The number of H-pyrrole nitrogens is 1. The quantitative estimate of drug-likeness (QED) is 0.680. The molecule has 2 aromatic heterocycles. The van der Waals surface area contributed by atoms with Gasteiger partial charge in [0.25, 0.3) is 0 Å². The van der Waals surface area contributed by atoms with Gasteiger partial charge in [0, 0.05) is 18.8 Å². The Bertz CT molecular complexity index is 814. The third kappa shape index (κ3) is 2.53. The van der Waals surface area contributed by atoms with E-state index < -0.39 is 0 Å². The maximum absolute atomic E-state index is 11.4. The van der Waals surface area contributed by atoms with Crippen LogP contribution in [-0.4, -0.2) is 28.0 Å². The number of imidazole rings is 1. The molecule has 7 heteroatoms. The lowest BCUT2D eigenvalue weighted by Gasteiger charge is -2.02. The average Bonchev–Trinajstić information content (AvgIpc) is 2.92. The predicted octanol–water partition coefficient (Wildman–Crippen LogP) is 3.03. The Morgan fingerprint density at radius 2 is 2.10 bits per heavy atom. The van der Waals surface area contributed by atoms with Gasteiger partial charge < -0.3 is 10.3 Å². The molecule has 0 aliphatic rings. The van der Waals surface area contributed by atoms with E-state index in [0.717, 1.165) is 11.1 Å². The van der Waals surface area contributed by atoms with Crippen molar-refractivity contribution < 1.29 is 4.79 Å². The van der Waals surface area contributed by atoms with Crippen molar-refractivity contribution in [1.29, 1.82) is 0 Å². The second kappa shape index (κ2) is 5.41. The fourth-order valence-corrected chi connectivity index (χ4v) is 2.20. The first-order valence-corrected chi connectivity index (χ1v) is 6.65. The van der Waals surface area contributed by atoms with Crippen molar-refractivity contribution in [1.82, 2.24) is 20.3 Å². The standard InChI is InChI=1S/C14H12ClN5O/c1-16-14(21)20-13-11-10(6-7-17-13)18-12(19-11)8-4-2-3-5-9(8)15/h2-7H,1H3,(H,18,19)(H2,16,17,20,21). The lowest BCUT2D eigenvalue weighted by Crippen LogP contribution is -2.25. The van der Waals surface area contributed by atoms with E-state index in [1.54, 1.807) is 18.3 Å². The van der Waals surface area contributed by atoms with E-state index in [1.165, 1.54) is 7.05 Å². The summed E-state index contributed by atoms with van der Waals surface area (Å²) in [6, 6.07) is 8.85. The van der Waals surface area contributed by atoms with Crippen LogP contribution in [-0.2, 0) is 0 Å². The van der Waals surface area contributed by atoms with Crippen LogP contribution in [0.3, 0.4) is 0 Å². The highest BCUT2D eigenvalue weighted by molar-refractivity contribution is 6.33. The van der Waals surface area contributed by atoms with Crippen molar-refractivity contribution in [2.75, 3.05) is 12.4 Å². The van der Waals surface area contributed by atoms with Crippen LogP contribution in [0.2, 0.25) is 5.02 Å². The Kier molecular flexibility index (Phi) is 3.45. The van der Waals surface area contributed by atoms with Gasteiger partial charge in [0.1, 0.15) is 11.3 Å². The smallest absolute Gasteiger partial charge is 0.320 e. The Labute approximate surface area is 125 Å². The summed E-state index contributed by atoms with van der Waals surface area (Å²) in [4.78, 5) is 23.2. The van der Waals surface area contributed by atoms with Crippen molar-refractivity contribution in [3.05, 3.63) is 41.6 Å². The molecule has 0 fully saturated rings. The minimum Gasteiger partial charge on any atom is -0.341 e. The van der Waals surface area contributed by atoms with E-state index >= 15 is 0 Å². The molecule has 0 unspecified atom stereocenters. The van der Waals surface area contributed by atoms with Crippen molar-refractivity contribution in [3.8, 4) is 11.4 Å². The number of anilines is 1. The fraction of sp³-hybridized carbons (Fsp3) is 0.0714. The van der Waals surface area contributed by atoms with Crippen LogP contribution < -0.4 is 10.6 Å². The number of carbonyl (C=O) groups is 1. The number of halogens is 1. The molecular formula is C14H12ClN5O. The maximum Gasteiger partial charge on any atom is 0.320 e. The number of aromatic amines is 1. The zero-order valence-corrected chi connectivity index (χ0v) is 11.9. The third-order valence-corrected chi connectivity index (χ3v) is 3.32. The van der Waals surface area contributed by atoms with Crippen LogP contribution in [0.1, 0.15) is 0 Å². The molecule has 0 atom stereocenters. The molecule has 2 amide bonds. The second-order valence-corrected chi connectivity index (χ2v) is 4.73. The molecular weight excluding hydrogens is 290 g/mol. The summed E-state index contributed by atoms with van der Waals surface area (Å²) in [5.74, 6) is 1.02. The van der Waals surface area contributed by atoms with Gasteiger partial charge in [-0.1, -0.05) is 23.7 Å². The van der Waals surface area contributed by atoms with Gasteiger partial charge in [-0.15, -0.1) is 0 Å². The lowest BCUT2D eigenvalue weighted by atomic mass is 10.2. The molecule has 0 aliphatic heterocycles. The summed E-state index contributed by atoms with van der Waals surface area (Å²) in [6.45, 7) is 0. The van der Waals surface area contributed by atoms with Crippen LogP contribution in [0.5, 0.6) is 0 Å². The van der Waals surface area contributed by atoms with Crippen LogP contribution in [0, 0.1) is 0 Å². The van der Waals surface area contributed by atoms with E-state index in [1.807, 2.05) is 18.2 Å². The third-order valence-electron chi connectivity index (χ3n) is 2.99. The number of carbonyl (C=O) groups excluding carboxylic acids is 1. The number of pyridine rings is 1. The number of urea groups is 1. The molecule has 3 aromatic rings. The molecule has 3 N–H and O–H groups in total. The minimum atomic E-state index is -0.350. The molecule has 106 valence electrons. The Balaban J connectivity index is 2.10. The van der Waals surface area contributed by atoms with Gasteiger partial charge in [-0.3, -0.25) is 5.32 Å². The Hall–Kier alpha value is -2.60. The van der Waals surface area contributed by atoms with Crippen molar-refractivity contribution in [2.24, 2.45) is 0 Å². The normalized spacial score (nSPS) is 10.6. The molecule has 6 nitrogen and oxygen atoms in total. The first-order chi connectivity index (χ1) is 10.2. The highest BCUT2D eigenvalue weighted by atomic mass is 35.5. The number of rotatable bonds is 2. The molecule has 0 saturated heterocycles. The maximum atomic E-state index is 11.4. The molecule has 1 aromatic carbocycles. The number of fused-ring (bicyclic) bond motifs is 1. The first kappa shape index (κ1) is 13.4. The van der Waals surface area contributed by atoms with E-state index in [9.17, 15) is 4.79 Å². The van der Waals surface area contributed by atoms with Gasteiger partial charge in [-0.2, -0.15) is 0 Å². The molecule has 0 saturated carbocycles. The first-order valence-electron chi connectivity index (χ1n) is 6.27. The zero-order chi connectivity index (χ0) is 14.8. The summed E-state index contributed by atoms with van der Waals surface area (Å²) in [7, 11) is 1.54. The number of amides is 2. The van der Waals surface area contributed by atoms with Crippen LogP contribution in [0.15, 0.2) is 36.5 Å². The van der Waals surface area contributed by atoms with E-state index in [0.29, 0.717) is 22.2 Å². The number of aromatic nitrogens is 3. The zero-order valence-electron chi connectivity index (χ0n) is 11.1. The molecule has 3 rings (SSSR count). The van der Waals surface area contributed by atoms with Crippen molar-refractivity contribution >= 4 is 34.5 Å². The van der Waals surface area contributed by atoms with Gasteiger partial charge in [0.05, 0.1) is 10.5 Å². The number of hydrogen-bond donors (Lipinski definition) is 3. The highest BCUT2D eigenvalue weighted by Crippen LogP contribution is 2.28. The molecule has 0 spiro atoms. The topological polar surface area (TPSA) is 82.7 Å². The van der Waals surface area contributed by atoms with Gasteiger partial charge in [-0.05, 0) is 18.2 Å². The summed E-state index contributed by atoms with van der Waals surface area (Å²) >= 11 is 6.18. The lowest BCUT2D eigenvalue weighted by molar-refractivity contribution is 0.254. The monoisotopic (exact) mass is 301 g/mol. The fourth-order valence-electron chi connectivity index (χ4n) is 1.98. The number of nitrogens with zero attached hydrogens (tertiary/aromatic N) is 2. The highest BCUT2D eigenvalue weighted by Gasteiger charge is 2.13. The van der Waals surface area contributed by atoms with Crippen LogP contribution in [0.4, 0.5) is 10.6 Å². The van der Waals surface area contributed by atoms with E-state index in [2.05, 4.69) is 25.6 Å². The summed E-state index contributed by atoms with van der Waals surface area (Å²) in [5, 5.41) is 5.72. The van der Waals surface area contributed by atoms with Crippen molar-refractivity contribution in [2.45, 2.75) is 0 Å². The Morgan fingerprint density at radius 1 is 1.29 bits per heavy atom. The second-order valence-electron chi connectivity index (χ2n) is 4.33. The van der Waals surface area contributed by atoms with Gasteiger partial charge in [0.2, 0.25) is 0 Å². The van der Waals surface area contributed by atoms with Crippen LogP contribution >= 0.6 is 11.6 Å². The SMILES string of the molecule is CNC(=O)Nc1nccc2[nH]c(-c3ccccc3Cl)nc12. The van der Waals surface area contributed by atoms with E-state index in [4.69, 9.17) is 11.6 Å².